The van der Waals surface area contributed by atoms with Gasteiger partial charge in [0.25, 0.3) is 15.9 Å². The van der Waals surface area contributed by atoms with Crippen LogP contribution in [-0.4, -0.2) is 44.5 Å². The highest BCUT2D eigenvalue weighted by Gasteiger charge is 2.29. The van der Waals surface area contributed by atoms with Crippen molar-refractivity contribution < 1.29 is 17.9 Å². The van der Waals surface area contributed by atoms with Crippen LogP contribution in [0.25, 0.3) is 10.8 Å². The van der Waals surface area contributed by atoms with Gasteiger partial charge in [0.2, 0.25) is 0 Å². The lowest BCUT2D eigenvalue weighted by atomic mass is 10.0. The molecule has 1 amide bonds. The molecular weight excluding hydrogens is 408 g/mol. The molecule has 0 radical (unpaired) electrons. The van der Waals surface area contributed by atoms with Gasteiger partial charge in [-0.2, -0.15) is 0 Å². The molecule has 1 fully saturated rings. The molecule has 1 N–H and O–H groups in total. The van der Waals surface area contributed by atoms with Crippen molar-refractivity contribution >= 4 is 43.7 Å². The Bertz CT molecular complexity index is 1130. The monoisotopic (exact) mass is 430 g/mol. The van der Waals surface area contributed by atoms with Crippen LogP contribution in [0.15, 0.2) is 58.1 Å². The molecular formula is C21H22N2O4S2. The maximum absolute atomic E-state index is 13.4. The third-order valence-electron chi connectivity index (χ3n) is 4.83. The molecule has 0 saturated carbocycles. The molecule has 3 aromatic rings. The fourth-order valence-electron chi connectivity index (χ4n) is 3.63. The van der Waals surface area contributed by atoms with Crippen molar-refractivity contribution in [1.29, 1.82) is 0 Å². The number of anilines is 1. The first-order valence-electron chi connectivity index (χ1n) is 9.37. The van der Waals surface area contributed by atoms with Crippen LogP contribution in [0.1, 0.15) is 24.2 Å². The second-order valence-electron chi connectivity index (χ2n) is 7.25. The summed E-state index contributed by atoms with van der Waals surface area (Å²) in [5.41, 5.74) is 0.624. The fraction of sp³-hybridized carbons (Fsp3) is 0.286. The van der Waals surface area contributed by atoms with E-state index in [1.165, 1.54) is 0 Å². The highest BCUT2D eigenvalue weighted by atomic mass is 32.2. The topological polar surface area (TPSA) is 75.7 Å². The molecule has 8 heteroatoms. The minimum Gasteiger partial charge on any atom is -0.372 e. The van der Waals surface area contributed by atoms with Gasteiger partial charge in [0.15, 0.2) is 0 Å². The van der Waals surface area contributed by atoms with Gasteiger partial charge in [-0.3, -0.25) is 9.52 Å². The molecule has 6 nitrogen and oxygen atoms in total. The van der Waals surface area contributed by atoms with E-state index in [1.807, 2.05) is 38.1 Å². The predicted molar refractivity (Wildman–Crippen MR) is 115 cm³/mol. The summed E-state index contributed by atoms with van der Waals surface area (Å²) >= 11 is 1.13. The minimum atomic E-state index is -3.77. The van der Waals surface area contributed by atoms with Crippen LogP contribution in [-0.2, 0) is 14.8 Å². The van der Waals surface area contributed by atoms with E-state index in [0.717, 1.165) is 22.1 Å². The van der Waals surface area contributed by atoms with Crippen molar-refractivity contribution in [2.24, 2.45) is 0 Å². The zero-order valence-corrected chi connectivity index (χ0v) is 17.8. The van der Waals surface area contributed by atoms with Crippen molar-refractivity contribution in [2.45, 2.75) is 30.3 Å². The molecule has 29 heavy (non-hydrogen) atoms. The molecule has 1 saturated heterocycles. The molecule has 152 valence electrons. The molecule has 1 aromatic heterocycles. The maximum Gasteiger partial charge on any atom is 0.271 e. The molecule has 2 atom stereocenters. The molecule has 0 spiro atoms. The summed E-state index contributed by atoms with van der Waals surface area (Å²) in [4.78, 5) is 15.1. The molecule has 0 aliphatic carbocycles. The summed E-state index contributed by atoms with van der Waals surface area (Å²) in [5.74, 6) is -0.207. The first kappa shape index (κ1) is 19.9. The summed E-state index contributed by atoms with van der Waals surface area (Å²) in [5, 5.41) is 3.44. The highest BCUT2D eigenvalue weighted by Crippen LogP contribution is 2.29. The largest absolute Gasteiger partial charge is 0.372 e. The Morgan fingerprint density at radius 3 is 2.34 bits per heavy atom. The number of hydrogen-bond acceptors (Lipinski definition) is 5. The summed E-state index contributed by atoms with van der Waals surface area (Å²) in [7, 11) is -3.77. The zero-order chi connectivity index (χ0) is 20.6. The Morgan fingerprint density at radius 2 is 1.72 bits per heavy atom. The number of amides is 1. The summed E-state index contributed by atoms with van der Waals surface area (Å²) in [6.45, 7) is 4.79. The third kappa shape index (κ3) is 4.14. The number of rotatable bonds is 4. The summed E-state index contributed by atoms with van der Waals surface area (Å²) in [6.07, 6.45) is -0.149. The van der Waals surface area contributed by atoms with Gasteiger partial charge in [0, 0.05) is 13.1 Å². The smallest absolute Gasteiger partial charge is 0.271 e. The molecule has 0 bridgehead atoms. The second kappa shape index (κ2) is 7.78. The van der Waals surface area contributed by atoms with Crippen LogP contribution in [0.4, 0.5) is 5.69 Å². The Morgan fingerprint density at radius 1 is 1.07 bits per heavy atom. The van der Waals surface area contributed by atoms with Gasteiger partial charge in [-0.25, -0.2) is 8.42 Å². The number of nitrogens with zero attached hydrogens (tertiary/aromatic N) is 1. The Labute approximate surface area is 174 Å². The highest BCUT2D eigenvalue weighted by molar-refractivity contribution is 7.94. The van der Waals surface area contributed by atoms with E-state index in [4.69, 9.17) is 4.74 Å². The number of benzene rings is 2. The van der Waals surface area contributed by atoms with Crippen LogP contribution in [0.5, 0.6) is 0 Å². The van der Waals surface area contributed by atoms with E-state index in [2.05, 4.69) is 4.72 Å². The van der Waals surface area contributed by atoms with Gasteiger partial charge in [0.05, 0.1) is 23.5 Å². The van der Waals surface area contributed by atoms with Gasteiger partial charge < -0.3 is 9.64 Å². The van der Waals surface area contributed by atoms with Gasteiger partial charge >= 0.3 is 0 Å². The molecule has 2 aromatic carbocycles. The van der Waals surface area contributed by atoms with Crippen LogP contribution in [0, 0.1) is 0 Å². The second-order valence-corrected chi connectivity index (χ2v) is 10.1. The Kier molecular flexibility index (Phi) is 5.33. The van der Waals surface area contributed by atoms with Crippen LogP contribution >= 0.6 is 11.3 Å². The summed E-state index contributed by atoms with van der Waals surface area (Å²) < 4.78 is 34.2. The van der Waals surface area contributed by atoms with Gasteiger partial charge in [0.1, 0.15) is 4.21 Å². The van der Waals surface area contributed by atoms with Gasteiger partial charge in [-0.05, 0) is 48.2 Å². The van der Waals surface area contributed by atoms with E-state index in [9.17, 15) is 13.2 Å². The van der Waals surface area contributed by atoms with E-state index >= 15 is 0 Å². The number of hydrogen-bond donors (Lipinski definition) is 1. The number of thiophene rings is 1. The number of fused-ring (bicyclic) bond motifs is 1. The van der Waals surface area contributed by atoms with Gasteiger partial charge in [-0.15, -0.1) is 11.3 Å². The lowest BCUT2D eigenvalue weighted by Crippen LogP contribution is -2.48. The molecule has 1 aliphatic rings. The number of ether oxygens (including phenoxy) is 1. The average Bonchev–Trinajstić information content (AvgIpc) is 3.22. The Balaban J connectivity index is 1.77. The number of sulfonamides is 1. The maximum atomic E-state index is 13.4. The third-order valence-corrected chi connectivity index (χ3v) is 7.59. The van der Waals surface area contributed by atoms with E-state index in [1.54, 1.807) is 34.5 Å². The molecule has 2 unspecified atom stereocenters. The number of nitrogens with one attached hydrogen (secondary N) is 1. The van der Waals surface area contributed by atoms with Crippen molar-refractivity contribution in [1.82, 2.24) is 4.90 Å². The summed E-state index contributed by atoms with van der Waals surface area (Å²) in [6, 6.07) is 14.3. The first-order valence-corrected chi connectivity index (χ1v) is 11.7. The van der Waals surface area contributed by atoms with E-state index < -0.39 is 10.0 Å². The standard InChI is InChI=1S/C21H22N2O4S2/c1-14-12-23(13-15(2)27-14)21(24)18-10-16-6-3-4-7-17(16)11-19(18)22-29(25,26)20-8-5-9-28-20/h3-11,14-15,22H,12-13H2,1-2H3. The van der Waals surface area contributed by atoms with Crippen LogP contribution in [0.2, 0.25) is 0 Å². The lowest BCUT2D eigenvalue weighted by molar-refractivity contribution is -0.0585. The minimum absolute atomic E-state index is 0.0746. The fourth-order valence-corrected chi connectivity index (χ4v) is 5.69. The van der Waals surface area contributed by atoms with Crippen molar-refractivity contribution in [3.8, 4) is 0 Å². The molecule has 2 heterocycles. The average molecular weight is 431 g/mol. The first-order chi connectivity index (χ1) is 13.8. The van der Waals surface area contributed by atoms with Crippen molar-refractivity contribution in [2.75, 3.05) is 17.8 Å². The zero-order valence-electron chi connectivity index (χ0n) is 16.2. The van der Waals surface area contributed by atoms with E-state index in [-0.39, 0.29) is 28.0 Å². The van der Waals surface area contributed by atoms with E-state index in [0.29, 0.717) is 18.7 Å². The lowest BCUT2D eigenvalue weighted by Gasteiger charge is -2.35. The number of carbonyl (C=O) groups is 1. The quantitative estimate of drug-likeness (QED) is 0.680. The predicted octanol–water partition coefficient (Wildman–Crippen LogP) is 3.95. The SMILES string of the molecule is CC1CN(C(=O)c2cc3ccccc3cc2NS(=O)(=O)c2cccs2)CC(C)O1. The van der Waals surface area contributed by atoms with Crippen molar-refractivity contribution in [3.63, 3.8) is 0 Å². The normalized spacial score (nSPS) is 20.0. The van der Waals surface area contributed by atoms with Crippen molar-refractivity contribution in [3.05, 3.63) is 59.5 Å². The molecule has 4 rings (SSSR count). The number of morpholine rings is 1. The van der Waals surface area contributed by atoms with Crippen LogP contribution < -0.4 is 4.72 Å². The number of carbonyl (C=O) groups excluding carboxylic acids is 1. The molecule has 1 aliphatic heterocycles. The Hall–Kier alpha value is -2.42. The van der Waals surface area contributed by atoms with Gasteiger partial charge in [-0.1, -0.05) is 30.3 Å². The van der Waals surface area contributed by atoms with Crippen LogP contribution in [0.3, 0.4) is 0 Å².